The standard InChI is InChI=1S/C31H34FN3O2S/c1-22(2)23(3)33-31(36)29-21-38-30(34-29)19-35(17-24-9-13-27(32)14-10-24)18-25-11-15-28(16-12-25)37-20-26-7-5-4-6-8-26/h4-16,21-23H,17-20H2,1-3H3,(H,33,36). The van der Waals surface area contributed by atoms with Gasteiger partial charge in [0.05, 0.1) is 6.54 Å². The summed E-state index contributed by atoms with van der Waals surface area (Å²) in [5.74, 6) is 0.759. The molecule has 4 rings (SSSR count). The van der Waals surface area contributed by atoms with Crippen LogP contribution in [0.25, 0.3) is 0 Å². The molecule has 0 fully saturated rings. The van der Waals surface area contributed by atoms with Gasteiger partial charge in [0, 0.05) is 24.5 Å². The van der Waals surface area contributed by atoms with Crippen LogP contribution in [0.4, 0.5) is 4.39 Å². The number of carbonyl (C=O) groups excluding carboxylic acids is 1. The molecule has 1 unspecified atom stereocenters. The number of nitrogens with zero attached hydrogens (tertiary/aromatic N) is 2. The van der Waals surface area contributed by atoms with Gasteiger partial charge >= 0.3 is 0 Å². The highest BCUT2D eigenvalue weighted by atomic mass is 32.1. The Hall–Kier alpha value is -3.55. The third-order valence-electron chi connectivity index (χ3n) is 6.40. The van der Waals surface area contributed by atoms with Gasteiger partial charge in [-0.05, 0) is 53.8 Å². The summed E-state index contributed by atoms with van der Waals surface area (Å²) in [4.78, 5) is 19.5. The summed E-state index contributed by atoms with van der Waals surface area (Å²) in [6.07, 6.45) is 0. The number of rotatable bonds is 12. The van der Waals surface area contributed by atoms with E-state index < -0.39 is 0 Å². The van der Waals surface area contributed by atoms with E-state index in [1.165, 1.54) is 23.5 Å². The van der Waals surface area contributed by atoms with E-state index in [2.05, 4.69) is 41.2 Å². The van der Waals surface area contributed by atoms with Gasteiger partial charge in [-0.1, -0.05) is 68.4 Å². The average Bonchev–Trinajstić information content (AvgIpc) is 3.39. The molecule has 1 aromatic heterocycles. The predicted octanol–water partition coefficient (Wildman–Crippen LogP) is 6.84. The number of halogens is 1. The Morgan fingerprint density at radius 1 is 0.895 bits per heavy atom. The van der Waals surface area contributed by atoms with E-state index in [0.29, 0.717) is 37.9 Å². The molecule has 38 heavy (non-hydrogen) atoms. The van der Waals surface area contributed by atoms with Crippen LogP contribution in [0.2, 0.25) is 0 Å². The summed E-state index contributed by atoms with van der Waals surface area (Å²) in [5.41, 5.74) is 3.70. The lowest BCUT2D eigenvalue weighted by molar-refractivity contribution is 0.0925. The van der Waals surface area contributed by atoms with Gasteiger partial charge in [0.1, 0.15) is 28.9 Å². The highest BCUT2D eigenvalue weighted by Crippen LogP contribution is 2.20. The smallest absolute Gasteiger partial charge is 0.270 e. The molecule has 0 aliphatic rings. The number of hydrogen-bond donors (Lipinski definition) is 1. The van der Waals surface area contributed by atoms with Gasteiger partial charge in [0.25, 0.3) is 5.91 Å². The first-order valence-corrected chi connectivity index (χ1v) is 13.7. The lowest BCUT2D eigenvalue weighted by Crippen LogP contribution is -2.36. The van der Waals surface area contributed by atoms with Gasteiger partial charge in [0.2, 0.25) is 0 Å². The van der Waals surface area contributed by atoms with Crippen molar-refractivity contribution < 1.29 is 13.9 Å². The van der Waals surface area contributed by atoms with E-state index in [4.69, 9.17) is 4.74 Å². The summed E-state index contributed by atoms with van der Waals surface area (Å²) in [6.45, 7) is 8.53. The number of hydrogen-bond acceptors (Lipinski definition) is 5. The maximum Gasteiger partial charge on any atom is 0.270 e. The zero-order valence-corrected chi connectivity index (χ0v) is 22.9. The molecule has 4 aromatic rings. The Labute approximate surface area is 228 Å². The molecule has 0 radical (unpaired) electrons. The fourth-order valence-electron chi connectivity index (χ4n) is 3.83. The molecule has 0 aliphatic carbocycles. The van der Waals surface area contributed by atoms with Crippen molar-refractivity contribution in [2.45, 2.75) is 53.1 Å². The number of nitrogens with one attached hydrogen (secondary N) is 1. The molecular weight excluding hydrogens is 497 g/mol. The van der Waals surface area contributed by atoms with Crippen molar-refractivity contribution in [2.75, 3.05) is 0 Å². The molecule has 3 aromatic carbocycles. The molecule has 0 saturated carbocycles. The van der Waals surface area contributed by atoms with Gasteiger partial charge in [-0.3, -0.25) is 9.69 Å². The number of thiazole rings is 1. The summed E-state index contributed by atoms with van der Waals surface area (Å²) in [6, 6.07) is 24.8. The van der Waals surface area contributed by atoms with Crippen LogP contribution in [0, 0.1) is 11.7 Å². The monoisotopic (exact) mass is 531 g/mol. The van der Waals surface area contributed by atoms with Crippen LogP contribution < -0.4 is 10.1 Å². The minimum atomic E-state index is -0.252. The van der Waals surface area contributed by atoms with E-state index in [1.54, 1.807) is 12.1 Å². The third kappa shape index (κ3) is 8.23. The molecule has 5 nitrogen and oxygen atoms in total. The average molecular weight is 532 g/mol. The topological polar surface area (TPSA) is 54.5 Å². The Balaban J connectivity index is 1.43. The first kappa shape index (κ1) is 27.5. The van der Waals surface area contributed by atoms with Crippen LogP contribution in [0.1, 0.15) is 53.0 Å². The zero-order chi connectivity index (χ0) is 26.9. The quantitative estimate of drug-likeness (QED) is 0.218. The van der Waals surface area contributed by atoms with Crippen LogP contribution in [-0.4, -0.2) is 21.8 Å². The number of benzene rings is 3. The normalized spacial score (nSPS) is 12.1. The van der Waals surface area contributed by atoms with Crippen molar-refractivity contribution in [3.63, 3.8) is 0 Å². The Morgan fingerprint density at radius 2 is 1.53 bits per heavy atom. The first-order valence-electron chi connectivity index (χ1n) is 12.8. The van der Waals surface area contributed by atoms with Crippen LogP contribution >= 0.6 is 11.3 Å². The number of carbonyl (C=O) groups is 1. The van der Waals surface area contributed by atoms with Gasteiger partial charge in [-0.15, -0.1) is 11.3 Å². The molecule has 198 valence electrons. The molecule has 1 atom stereocenters. The van der Waals surface area contributed by atoms with Crippen LogP contribution in [-0.2, 0) is 26.2 Å². The van der Waals surface area contributed by atoms with Gasteiger partial charge in [-0.2, -0.15) is 0 Å². The van der Waals surface area contributed by atoms with Crippen molar-refractivity contribution in [3.8, 4) is 5.75 Å². The maximum absolute atomic E-state index is 13.5. The van der Waals surface area contributed by atoms with Crippen LogP contribution in [0.5, 0.6) is 5.75 Å². The second kappa shape index (κ2) is 13.3. The molecule has 0 saturated heterocycles. The number of aromatic nitrogens is 1. The largest absolute Gasteiger partial charge is 0.489 e. The molecule has 7 heteroatoms. The van der Waals surface area contributed by atoms with Gasteiger partial charge < -0.3 is 10.1 Å². The minimum Gasteiger partial charge on any atom is -0.489 e. The minimum absolute atomic E-state index is 0.0715. The second-order valence-corrected chi connectivity index (χ2v) is 10.8. The van der Waals surface area contributed by atoms with E-state index >= 15 is 0 Å². The summed E-state index contributed by atoms with van der Waals surface area (Å²) in [7, 11) is 0. The lowest BCUT2D eigenvalue weighted by atomic mass is 10.1. The summed E-state index contributed by atoms with van der Waals surface area (Å²) in [5, 5.41) is 5.69. The predicted molar refractivity (Wildman–Crippen MR) is 150 cm³/mol. The van der Waals surface area contributed by atoms with Crippen molar-refractivity contribution in [1.82, 2.24) is 15.2 Å². The SMILES string of the molecule is CC(C)C(C)NC(=O)c1csc(CN(Cc2ccc(F)cc2)Cc2ccc(OCc3ccccc3)cc2)n1. The number of amides is 1. The van der Waals surface area contributed by atoms with Crippen molar-refractivity contribution >= 4 is 17.2 Å². The Morgan fingerprint density at radius 3 is 2.16 bits per heavy atom. The van der Waals surface area contributed by atoms with Crippen molar-refractivity contribution in [2.24, 2.45) is 5.92 Å². The number of ether oxygens (including phenoxy) is 1. The van der Waals surface area contributed by atoms with Crippen molar-refractivity contribution in [3.05, 3.63) is 117 Å². The van der Waals surface area contributed by atoms with Crippen molar-refractivity contribution in [1.29, 1.82) is 0 Å². The van der Waals surface area contributed by atoms with Crippen LogP contribution in [0.15, 0.2) is 84.2 Å². The maximum atomic E-state index is 13.5. The molecule has 0 spiro atoms. The molecule has 0 aliphatic heterocycles. The summed E-state index contributed by atoms with van der Waals surface area (Å²) < 4.78 is 19.4. The molecule has 1 N–H and O–H groups in total. The zero-order valence-electron chi connectivity index (χ0n) is 22.1. The summed E-state index contributed by atoms with van der Waals surface area (Å²) >= 11 is 1.48. The Bertz CT molecular complexity index is 1290. The van der Waals surface area contributed by atoms with Crippen LogP contribution in [0.3, 0.4) is 0 Å². The molecule has 0 bridgehead atoms. The fourth-order valence-corrected chi connectivity index (χ4v) is 4.65. The van der Waals surface area contributed by atoms with E-state index in [-0.39, 0.29) is 17.8 Å². The molecular formula is C31H34FN3O2S. The second-order valence-electron chi connectivity index (χ2n) is 9.82. The molecule has 1 heterocycles. The van der Waals surface area contributed by atoms with Gasteiger partial charge in [0.15, 0.2) is 0 Å². The highest BCUT2D eigenvalue weighted by Gasteiger charge is 2.17. The fraction of sp³-hybridized carbons (Fsp3) is 0.290. The third-order valence-corrected chi connectivity index (χ3v) is 7.23. The first-order chi connectivity index (χ1) is 18.4. The lowest BCUT2D eigenvalue weighted by Gasteiger charge is -2.22. The van der Waals surface area contributed by atoms with E-state index in [0.717, 1.165) is 27.4 Å². The molecule has 1 amide bonds. The van der Waals surface area contributed by atoms with E-state index in [9.17, 15) is 9.18 Å². The Kier molecular flexibility index (Phi) is 9.62. The van der Waals surface area contributed by atoms with E-state index in [1.807, 2.05) is 54.8 Å². The van der Waals surface area contributed by atoms with Gasteiger partial charge in [-0.25, -0.2) is 9.37 Å². The highest BCUT2D eigenvalue weighted by molar-refractivity contribution is 7.09.